The van der Waals surface area contributed by atoms with Crippen molar-refractivity contribution in [2.24, 2.45) is 5.92 Å². The lowest BCUT2D eigenvalue weighted by atomic mass is 9.76. The number of methoxy groups -OCH3 is 1. The number of likely N-dealkylation sites (N-methyl/N-ethyl adjacent to an activating group) is 1. The predicted octanol–water partition coefficient (Wildman–Crippen LogP) is 4.73. The van der Waals surface area contributed by atoms with E-state index in [1.807, 2.05) is 0 Å². The van der Waals surface area contributed by atoms with Crippen LogP contribution in [-0.2, 0) is 14.0 Å². The molecule has 0 spiro atoms. The molecule has 2 fully saturated rings. The van der Waals surface area contributed by atoms with Crippen LogP contribution >= 0.6 is 0 Å². The monoisotopic (exact) mass is 403 g/mol. The Hall–Kier alpha value is -1.17. The highest BCUT2D eigenvalue weighted by Crippen LogP contribution is 2.49. The summed E-state index contributed by atoms with van der Waals surface area (Å²) in [5.41, 5.74) is 2.49. The summed E-state index contributed by atoms with van der Waals surface area (Å²) in [6.07, 6.45) is 2.08. The third kappa shape index (κ3) is 3.81. The Kier molecular flexibility index (Phi) is 5.83. The van der Waals surface area contributed by atoms with E-state index in [9.17, 15) is 4.79 Å². The number of rotatable bonds is 4. The highest BCUT2D eigenvalue weighted by molar-refractivity contribution is 6.74. The van der Waals surface area contributed by atoms with Gasteiger partial charge in [0.25, 0.3) is 0 Å². The first-order valence-electron chi connectivity index (χ1n) is 10.5. The van der Waals surface area contributed by atoms with Gasteiger partial charge in [0.15, 0.2) is 8.32 Å². The van der Waals surface area contributed by atoms with Crippen LogP contribution in [0.5, 0.6) is 0 Å². The average molecular weight is 404 g/mol. The van der Waals surface area contributed by atoms with E-state index in [0.717, 1.165) is 12.8 Å². The van der Waals surface area contributed by atoms with Gasteiger partial charge in [-0.15, -0.1) is 0 Å². The Morgan fingerprint density at radius 2 is 1.75 bits per heavy atom. The van der Waals surface area contributed by atoms with Gasteiger partial charge in [0.05, 0.1) is 19.1 Å². The number of benzene rings is 1. The minimum atomic E-state index is -1.92. The molecule has 156 valence electrons. The van der Waals surface area contributed by atoms with Crippen molar-refractivity contribution in [1.29, 1.82) is 0 Å². The van der Waals surface area contributed by atoms with Gasteiger partial charge in [-0.2, -0.15) is 0 Å². The number of fused-ring (bicyclic) bond motifs is 2. The van der Waals surface area contributed by atoms with E-state index < -0.39 is 8.32 Å². The number of aryl methyl sites for hydroxylation is 1. The number of carbonyl (C=O) groups is 1. The zero-order valence-electron chi connectivity index (χ0n) is 18.8. The molecule has 5 atom stereocenters. The number of hydrogen-bond acceptors (Lipinski definition) is 4. The SMILES string of the molecule is COC(=O)[C@@H]1[C@H]2[C@H](O[Si](C)(C)C(C)(C)C)C[C@@H](C[C@@H]1c1ccc(C)cc1)N2C. The molecule has 0 N–H and O–H groups in total. The van der Waals surface area contributed by atoms with Gasteiger partial charge in [0, 0.05) is 18.0 Å². The van der Waals surface area contributed by atoms with Gasteiger partial charge in [-0.3, -0.25) is 9.69 Å². The fourth-order valence-corrected chi connectivity index (χ4v) is 6.12. The summed E-state index contributed by atoms with van der Waals surface area (Å²) < 4.78 is 12.2. The molecule has 1 aromatic carbocycles. The van der Waals surface area contributed by atoms with Gasteiger partial charge in [-0.05, 0) is 50.5 Å². The second-order valence-corrected chi connectivity index (χ2v) is 15.0. The summed E-state index contributed by atoms with van der Waals surface area (Å²) in [5.74, 6) is -0.106. The number of hydrogen-bond donors (Lipinski definition) is 0. The number of nitrogens with zero attached hydrogens (tertiary/aromatic N) is 1. The summed E-state index contributed by atoms with van der Waals surface area (Å²) >= 11 is 0. The van der Waals surface area contributed by atoms with Crippen molar-refractivity contribution >= 4 is 14.3 Å². The fraction of sp³-hybridized carbons (Fsp3) is 0.696. The molecule has 2 heterocycles. The van der Waals surface area contributed by atoms with Crippen LogP contribution < -0.4 is 0 Å². The van der Waals surface area contributed by atoms with Crippen LogP contribution in [0.15, 0.2) is 24.3 Å². The van der Waals surface area contributed by atoms with Crippen LogP contribution in [0, 0.1) is 12.8 Å². The van der Waals surface area contributed by atoms with Crippen molar-refractivity contribution in [2.45, 2.75) is 82.8 Å². The standard InChI is InChI=1S/C23H37NO3Si/c1-15-9-11-16(12-10-15)18-13-17-14-19(27-28(7,8)23(2,3)4)21(24(17)5)20(18)22(25)26-6/h9-12,17-21H,13-14H2,1-8H3/t17-,18-,19-,20+,21-/m1/s1. The van der Waals surface area contributed by atoms with Gasteiger partial charge < -0.3 is 9.16 Å². The molecular formula is C23H37NO3Si. The van der Waals surface area contributed by atoms with E-state index >= 15 is 0 Å². The lowest BCUT2D eigenvalue weighted by Gasteiger charge is -2.44. The van der Waals surface area contributed by atoms with E-state index in [-0.39, 0.29) is 35.0 Å². The summed E-state index contributed by atoms with van der Waals surface area (Å²) in [6, 6.07) is 9.19. The maximum absolute atomic E-state index is 13.0. The quantitative estimate of drug-likeness (QED) is 0.538. The third-order valence-electron chi connectivity index (χ3n) is 7.49. The molecule has 2 saturated heterocycles. The van der Waals surface area contributed by atoms with Crippen molar-refractivity contribution in [2.75, 3.05) is 14.2 Å². The summed E-state index contributed by atoms with van der Waals surface area (Å²) in [7, 11) is 1.75. The topological polar surface area (TPSA) is 38.8 Å². The highest BCUT2D eigenvalue weighted by atomic mass is 28.4. The zero-order chi connectivity index (χ0) is 20.9. The van der Waals surface area contributed by atoms with Crippen molar-refractivity contribution in [3.8, 4) is 0 Å². The molecule has 0 unspecified atom stereocenters. The van der Waals surface area contributed by atoms with Crippen LogP contribution in [-0.4, -0.2) is 51.5 Å². The van der Waals surface area contributed by atoms with Crippen molar-refractivity contribution in [3.05, 3.63) is 35.4 Å². The van der Waals surface area contributed by atoms with Crippen molar-refractivity contribution in [1.82, 2.24) is 4.90 Å². The lowest BCUT2D eigenvalue weighted by Crippen LogP contribution is -2.54. The van der Waals surface area contributed by atoms with E-state index in [2.05, 4.69) is 77.0 Å². The molecule has 0 radical (unpaired) electrons. The molecule has 3 rings (SSSR count). The molecule has 2 bridgehead atoms. The van der Waals surface area contributed by atoms with Crippen LogP contribution in [0.1, 0.15) is 50.7 Å². The molecule has 2 aliphatic rings. The largest absolute Gasteiger partial charge is 0.469 e. The maximum atomic E-state index is 13.0. The first-order valence-corrected chi connectivity index (χ1v) is 13.4. The van der Waals surface area contributed by atoms with E-state index in [1.54, 1.807) is 0 Å². The molecule has 4 nitrogen and oxygen atoms in total. The van der Waals surface area contributed by atoms with Crippen LogP contribution in [0.25, 0.3) is 0 Å². The van der Waals surface area contributed by atoms with Gasteiger partial charge in [0.2, 0.25) is 0 Å². The molecular weight excluding hydrogens is 366 g/mol. The number of ether oxygens (including phenoxy) is 1. The smallest absolute Gasteiger partial charge is 0.310 e. The van der Waals surface area contributed by atoms with Crippen molar-refractivity contribution in [3.63, 3.8) is 0 Å². The Labute approximate surface area is 171 Å². The Bertz CT molecular complexity index is 710. The van der Waals surface area contributed by atoms with Gasteiger partial charge in [-0.1, -0.05) is 50.6 Å². The molecule has 0 saturated carbocycles. The Morgan fingerprint density at radius 1 is 1.14 bits per heavy atom. The first kappa shape index (κ1) is 21.5. The van der Waals surface area contributed by atoms with Gasteiger partial charge >= 0.3 is 5.97 Å². The summed E-state index contributed by atoms with van der Waals surface area (Å²) in [6.45, 7) is 13.5. The highest BCUT2D eigenvalue weighted by Gasteiger charge is 2.56. The number of piperidine rings is 1. The lowest BCUT2D eigenvalue weighted by molar-refractivity contribution is -0.151. The second-order valence-electron chi connectivity index (χ2n) is 10.3. The van der Waals surface area contributed by atoms with Crippen LogP contribution in [0.3, 0.4) is 0 Å². The summed E-state index contributed by atoms with van der Waals surface area (Å²) in [4.78, 5) is 15.4. The predicted molar refractivity (Wildman–Crippen MR) is 116 cm³/mol. The van der Waals surface area contributed by atoms with Gasteiger partial charge in [0.1, 0.15) is 0 Å². The third-order valence-corrected chi connectivity index (χ3v) is 12.0. The average Bonchev–Trinajstić information content (AvgIpc) is 2.79. The summed E-state index contributed by atoms with van der Waals surface area (Å²) in [5, 5.41) is 0.152. The van der Waals surface area contributed by atoms with E-state index in [4.69, 9.17) is 9.16 Å². The Morgan fingerprint density at radius 3 is 2.29 bits per heavy atom. The number of esters is 1. The maximum Gasteiger partial charge on any atom is 0.310 e. The molecule has 0 amide bonds. The molecule has 0 aromatic heterocycles. The normalized spacial score (nSPS) is 31.1. The minimum absolute atomic E-state index is 0.0756. The Balaban J connectivity index is 1.95. The molecule has 5 heteroatoms. The fourth-order valence-electron chi connectivity index (χ4n) is 4.77. The van der Waals surface area contributed by atoms with Gasteiger partial charge in [-0.25, -0.2) is 0 Å². The molecule has 0 aliphatic carbocycles. The molecule has 1 aromatic rings. The molecule has 2 aliphatic heterocycles. The first-order chi connectivity index (χ1) is 13.0. The van der Waals surface area contributed by atoms with Crippen LogP contribution in [0.2, 0.25) is 18.1 Å². The second kappa shape index (κ2) is 7.58. The minimum Gasteiger partial charge on any atom is -0.469 e. The zero-order valence-corrected chi connectivity index (χ0v) is 19.8. The van der Waals surface area contributed by atoms with E-state index in [0.29, 0.717) is 6.04 Å². The molecule has 28 heavy (non-hydrogen) atoms. The number of carbonyl (C=O) groups excluding carboxylic acids is 1. The van der Waals surface area contributed by atoms with E-state index in [1.165, 1.54) is 18.2 Å². The van der Waals surface area contributed by atoms with Crippen LogP contribution in [0.4, 0.5) is 0 Å². The van der Waals surface area contributed by atoms with Crippen molar-refractivity contribution < 1.29 is 14.0 Å².